The Balaban J connectivity index is 2.06. The summed E-state index contributed by atoms with van der Waals surface area (Å²) in [5.41, 5.74) is 1.57. The Morgan fingerprint density at radius 2 is 2.20 bits per heavy atom. The summed E-state index contributed by atoms with van der Waals surface area (Å²) in [6, 6.07) is 8.10. The largest absolute Gasteiger partial charge is 0.385 e. The smallest absolute Gasteiger partial charge is 0.0946 e. The fraction of sp³-hybridized carbons (Fsp3) is 0.538. The molecule has 0 atom stereocenters. The predicted molar refractivity (Wildman–Crippen MR) is 59.7 cm³/mol. The van der Waals surface area contributed by atoms with Crippen LogP contribution in [-0.2, 0) is 10.3 Å². The van der Waals surface area contributed by atoms with Gasteiger partial charge in [0, 0.05) is 19.4 Å². The first-order chi connectivity index (χ1) is 7.14. The first-order valence-electron chi connectivity index (χ1n) is 5.55. The zero-order valence-electron chi connectivity index (χ0n) is 9.36. The average Bonchev–Trinajstić information content (AvgIpc) is 2.15. The fourth-order valence-electron chi connectivity index (χ4n) is 2.22. The van der Waals surface area contributed by atoms with Crippen LogP contribution in [-0.4, -0.2) is 17.8 Å². The Morgan fingerprint density at radius 3 is 2.80 bits per heavy atom. The topological polar surface area (TPSA) is 29.5 Å². The van der Waals surface area contributed by atoms with Crippen molar-refractivity contribution >= 4 is 0 Å². The number of ether oxygens (including phenoxy) is 1. The standard InChI is InChI=1S/C13H18O2/c1-3-15-12-8-13(14,9-12)11-6-4-5-10(2)7-11/h4-7,12,14H,3,8-9H2,1-2H3. The second-order valence-corrected chi connectivity index (χ2v) is 4.39. The van der Waals surface area contributed by atoms with Crippen molar-refractivity contribution in [2.75, 3.05) is 6.61 Å². The lowest BCUT2D eigenvalue weighted by molar-refractivity contribution is -0.142. The van der Waals surface area contributed by atoms with Crippen LogP contribution in [0.15, 0.2) is 24.3 Å². The zero-order chi connectivity index (χ0) is 10.9. The summed E-state index contributed by atoms with van der Waals surface area (Å²) in [4.78, 5) is 0. The maximum absolute atomic E-state index is 10.3. The van der Waals surface area contributed by atoms with Gasteiger partial charge < -0.3 is 9.84 Å². The van der Waals surface area contributed by atoms with Crippen LogP contribution in [0.1, 0.15) is 30.9 Å². The van der Waals surface area contributed by atoms with E-state index in [-0.39, 0.29) is 6.10 Å². The van der Waals surface area contributed by atoms with E-state index in [4.69, 9.17) is 4.74 Å². The van der Waals surface area contributed by atoms with Crippen molar-refractivity contribution in [1.29, 1.82) is 0 Å². The third-order valence-corrected chi connectivity index (χ3v) is 3.09. The zero-order valence-corrected chi connectivity index (χ0v) is 9.36. The van der Waals surface area contributed by atoms with Crippen molar-refractivity contribution in [2.45, 2.75) is 38.4 Å². The molecule has 1 saturated carbocycles. The van der Waals surface area contributed by atoms with Gasteiger partial charge in [-0.15, -0.1) is 0 Å². The second-order valence-electron chi connectivity index (χ2n) is 4.39. The third kappa shape index (κ3) is 2.06. The monoisotopic (exact) mass is 206 g/mol. The summed E-state index contributed by atoms with van der Waals surface area (Å²) in [6.45, 7) is 4.77. The number of hydrogen-bond acceptors (Lipinski definition) is 2. The number of aryl methyl sites for hydroxylation is 1. The van der Waals surface area contributed by atoms with Gasteiger partial charge in [-0.1, -0.05) is 29.8 Å². The van der Waals surface area contributed by atoms with E-state index in [0.717, 1.165) is 25.0 Å². The second kappa shape index (κ2) is 3.95. The van der Waals surface area contributed by atoms with Gasteiger partial charge in [0.05, 0.1) is 11.7 Å². The minimum Gasteiger partial charge on any atom is -0.385 e. The van der Waals surface area contributed by atoms with Crippen molar-refractivity contribution in [3.8, 4) is 0 Å². The van der Waals surface area contributed by atoms with Gasteiger partial charge >= 0.3 is 0 Å². The maximum Gasteiger partial charge on any atom is 0.0946 e. The normalized spacial score (nSPS) is 29.9. The number of rotatable bonds is 3. The number of hydrogen-bond donors (Lipinski definition) is 1. The third-order valence-electron chi connectivity index (χ3n) is 3.09. The quantitative estimate of drug-likeness (QED) is 0.822. The van der Waals surface area contributed by atoms with Crippen LogP contribution in [0.2, 0.25) is 0 Å². The van der Waals surface area contributed by atoms with E-state index in [9.17, 15) is 5.11 Å². The highest BCUT2D eigenvalue weighted by Gasteiger charge is 2.44. The summed E-state index contributed by atoms with van der Waals surface area (Å²) >= 11 is 0. The molecule has 2 nitrogen and oxygen atoms in total. The van der Waals surface area contributed by atoms with Crippen LogP contribution < -0.4 is 0 Å². The number of benzene rings is 1. The van der Waals surface area contributed by atoms with E-state index in [1.54, 1.807) is 0 Å². The maximum atomic E-state index is 10.3. The molecule has 1 aliphatic carbocycles. The molecule has 0 saturated heterocycles. The van der Waals surface area contributed by atoms with Crippen molar-refractivity contribution in [1.82, 2.24) is 0 Å². The Bertz CT molecular complexity index is 340. The Kier molecular flexibility index (Phi) is 2.81. The molecular weight excluding hydrogens is 188 g/mol. The van der Waals surface area contributed by atoms with E-state index in [1.807, 2.05) is 32.0 Å². The van der Waals surface area contributed by atoms with Gasteiger partial charge in [-0.3, -0.25) is 0 Å². The van der Waals surface area contributed by atoms with E-state index < -0.39 is 5.60 Å². The van der Waals surface area contributed by atoms with Crippen LogP contribution in [0.3, 0.4) is 0 Å². The molecule has 0 unspecified atom stereocenters. The van der Waals surface area contributed by atoms with Crippen molar-refractivity contribution in [2.24, 2.45) is 0 Å². The van der Waals surface area contributed by atoms with E-state index >= 15 is 0 Å². The summed E-state index contributed by atoms with van der Waals surface area (Å²) in [5, 5.41) is 10.3. The minimum absolute atomic E-state index is 0.237. The summed E-state index contributed by atoms with van der Waals surface area (Å²) < 4.78 is 5.46. The molecule has 0 radical (unpaired) electrons. The van der Waals surface area contributed by atoms with Crippen molar-refractivity contribution in [3.05, 3.63) is 35.4 Å². The van der Waals surface area contributed by atoms with Gasteiger partial charge in [0.15, 0.2) is 0 Å². The molecule has 0 aromatic heterocycles. The minimum atomic E-state index is -0.647. The highest BCUT2D eigenvalue weighted by molar-refractivity contribution is 5.29. The molecule has 1 N–H and O–H groups in total. The van der Waals surface area contributed by atoms with Crippen LogP contribution in [0.5, 0.6) is 0 Å². The van der Waals surface area contributed by atoms with E-state index in [1.165, 1.54) is 5.56 Å². The molecule has 0 heterocycles. The first kappa shape index (κ1) is 10.7. The molecular formula is C13H18O2. The molecule has 1 aliphatic rings. The lowest BCUT2D eigenvalue weighted by atomic mass is 9.72. The Labute approximate surface area is 90.9 Å². The van der Waals surface area contributed by atoms with Crippen molar-refractivity contribution < 1.29 is 9.84 Å². The molecule has 0 bridgehead atoms. The molecule has 2 rings (SSSR count). The lowest BCUT2D eigenvalue weighted by Gasteiger charge is -2.43. The summed E-state index contributed by atoms with van der Waals surface area (Å²) in [7, 11) is 0. The van der Waals surface area contributed by atoms with Crippen LogP contribution in [0.25, 0.3) is 0 Å². The Morgan fingerprint density at radius 1 is 1.47 bits per heavy atom. The van der Waals surface area contributed by atoms with Crippen LogP contribution >= 0.6 is 0 Å². The van der Waals surface area contributed by atoms with Crippen LogP contribution in [0, 0.1) is 6.92 Å². The lowest BCUT2D eigenvalue weighted by Crippen LogP contribution is -2.45. The molecule has 1 fully saturated rings. The molecule has 15 heavy (non-hydrogen) atoms. The van der Waals surface area contributed by atoms with Gasteiger partial charge in [0.2, 0.25) is 0 Å². The molecule has 0 aliphatic heterocycles. The summed E-state index contributed by atoms with van der Waals surface area (Å²) in [6.07, 6.45) is 1.69. The van der Waals surface area contributed by atoms with Crippen LogP contribution in [0.4, 0.5) is 0 Å². The average molecular weight is 206 g/mol. The van der Waals surface area contributed by atoms with E-state index in [2.05, 4.69) is 6.07 Å². The summed E-state index contributed by atoms with van der Waals surface area (Å²) in [5.74, 6) is 0. The van der Waals surface area contributed by atoms with Crippen molar-refractivity contribution in [3.63, 3.8) is 0 Å². The molecule has 1 aromatic carbocycles. The highest BCUT2D eigenvalue weighted by Crippen LogP contribution is 2.42. The molecule has 0 amide bonds. The molecule has 1 aromatic rings. The first-order valence-corrected chi connectivity index (χ1v) is 5.55. The molecule has 2 heteroatoms. The molecule has 82 valence electrons. The SMILES string of the molecule is CCOC1CC(O)(c2cccc(C)c2)C1. The van der Waals surface area contributed by atoms with Gasteiger partial charge in [-0.05, 0) is 19.4 Å². The Hall–Kier alpha value is -0.860. The predicted octanol–water partition coefficient (Wildman–Crippen LogP) is 2.38. The van der Waals surface area contributed by atoms with Gasteiger partial charge in [0.25, 0.3) is 0 Å². The van der Waals surface area contributed by atoms with Gasteiger partial charge in [0.1, 0.15) is 0 Å². The fourth-order valence-corrected chi connectivity index (χ4v) is 2.22. The van der Waals surface area contributed by atoms with Gasteiger partial charge in [-0.25, -0.2) is 0 Å². The van der Waals surface area contributed by atoms with Gasteiger partial charge in [-0.2, -0.15) is 0 Å². The number of aliphatic hydroxyl groups is 1. The highest BCUT2D eigenvalue weighted by atomic mass is 16.5. The molecule has 0 spiro atoms. The van der Waals surface area contributed by atoms with E-state index in [0.29, 0.717) is 0 Å².